The van der Waals surface area contributed by atoms with E-state index in [0.29, 0.717) is 35.8 Å². The lowest BCUT2D eigenvalue weighted by Gasteiger charge is -2.29. The van der Waals surface area contributed by atoms with Crippen LogP contribution in [-0.2, 0) is 0 Å². The highest BCUT2D eigenvalue weighted by Crippen LogP contribution is 2.27. The number of hydrogen-bond donors (Lipinski definition) is 3. The molecule has 1 saturated carbocycles. The Kier molecular flexibility index (Phi) is 5.88. The quantitative estimate of drug-likeness (QED) is 0.565. The zero-order valence-corrected chi connectivity index (χ0v) is 17.8. The van der Waals surface area contributed by atoms with Crippen molar-refractivity contribution in [2.45, 2.75) is 45.6 Å². The van der Waals surface area contributed by atoms with E-state index in [9.17, 15) is 4.79 Å². The van der Waals surface area contributed by atoms with Gasteiger partial charge >= 0.3 is 0 Å². The third-order valence-corrected chi connectivity index (χ3v) is 5.86. The molecule has 1 aliphatic carbocycles. The summed E-state index contributed by atoms with van der Waals surface area (Å²) < 4.78 is 5.46. The van der Waals surface area contributed by atoms with Crippen LogP contribution in [0.5, 0.6) is 0 Å². The first-order valence-electron chi connectivity index (χ1n) is 10.6. The van der Waals surface area contributed by atoms with Gasteiger partial charge in [-0.05, 0) is 63.6 Å². The predicted octanol–water partition coefficient (Wildman–Crippen LogP) is 4.28. The molecule has 0 saturated heterocycles. The van der Waals surface area contributed by atoms with Crippen LogP contribution in [0.3, 0.4) is 0 Å². The van der Waals surface area contributed by atoms with Crippen LogP contribution < -0.4 is 16.0 Å². The molecular weight excluding hydrogens is 378 g/mol. The standard InChI is InChI=1S/C23H29N5O2/c1-14-12-19(15(2)30-14)22(29)25-13-16-8-10-17(11-9-16)26-23-27-20-7-5-4-6-18(20)21(24-3)28-23/h4-7,12,16-17H,8-11,13H2,1-3H3,(H,25,29)(H2,24,26,27,28). The maximum Gasteiger partial charge on any atom is 0.254 e. The van der Waals surface area contributed by atoms with Crippen molar-refractivity contribution in [1.29, 1.82) is 0 Å². The average Bonchev–Trinajstić information content (AvgIpc) is 3.10. The largest absolute Gasteiger partial charge is 0.466 e. The first-order valence-corrected chi connectivity index (χ1v) is 10.6. The normalized spacial score (nSPS) is 18.9. The summed E-state index contributed by atoms with van der Waals surface area (Å²) in [6.07, 6.45) is 4.20. The number of nitrogens with zero attached hydrogens (tertiary/aromatic N) is 2. The average molecular weight is 408 g/mol. The number of aryl methyl sites for hydroxylation is 2. The van der Waals surface area contributed by atoms with Gasteiger partial charge < -0.3 is 20.4 Å². The van der Waals surface area contributed by atoms with Crippen LogP contribution in [0.4, 0.5) is 11.8 Å². The van der Waals surface area contributed by atoms with Gasteiger partial charge in [0.2, 0.25) is 5.95 Å². The molecule has 2 heterocycles. The van der Waals surface area contributed by atoms with E-state index in [1.165, 1.54) is 0 Å². The summed E-state index contributed by atoms with van der Waals surface area (Å²) in [6.45, 7) is 4.38. The predicted molar refractivity (Wildman–Crippen MR) is 119 cm³/mol. The number of aromatic nitrogens is 2. The number of rotatable bonds is 6. The molecule has 0 atom stereocenters. The van der Waals surface area contributed by atoms with Crippen LogP contribution >= 0.6 is 0 Å². The lowest BCUT2D eigenvalue weighted by Crippen LogP contribution is -2.34. The second-order valence-electron chi connectivity index (χ2n) is 8.06. The second-order valence-corrected chi connectivity index (χ2v) is 8.06. The Morgan fingerprint density at radius 3 is 2.60 bits per heavy atom. The summed E-state index contributed by atoms with van der Waals surface area (Å²) in [7, 11) is 1.88. The van der Waals surface area contributed by atoms with E-state index >= 15 is 0 Å². The molecule has 30 heavy (non-hydrogen) atoms. The molecule has 7 heteroatoms. The van der Waals surface area contributed by atoms with Gasteiger partial charge in [0.1, 0.15) is 17.3 Å². The van der Waals surface area contributed by atoms with E-state index in [0.717, 1.165) is 48.2 Å². The van der Waals surface area contributed by atoms with E-state index in [4.69, 9.17) is 4.42 Å². The number of fused-ring (bicyclic) bond motifs is 1. The third kappa shape index (κ3) is 4.40. The van der Waals surface area contributed by atoms with Gasteiger partial charge in [0.25, 0.3) is 5.91 Å². The minimum Gasteiger partial charge on any atom is -0.466 e. The summed E-state index contributed by atoms with van der Waals surface area (Å²) in [4.78, 5) is 21.7. The molecule has 7 nitrogen and oxygen atoms in total. The van der Waals surface area contributed by atoms with E-state index in [1.54, 1.807) is 6.07 Å². The number of amides is 1. The van der Waals surface area contributed by atoms with Crippen molar-refractivity contribution in [3.8, 4) is 0 Å². The summed E-state index contributed by atoms with van der Waals surface area (Å²) >= 11 is 0. The van der Waals surface area contributed by atoms with Crippen LogP contribution in [0, 0.1) is 19.8 Å². The molecule has 2 aromatic heterocycles. The van der Waals surface area contributed by atoms with Crippen LogP contribution in [-0.4, -0.2) is 35.5 Å². The van der Waals surface area contributed by atoms with Crippen molar-refractivity contribution in [1.82, 2.24) is 15.3 Å². The Morgan fingerprint density at radius 2 is 1.90 bits per heavy atom. The molecule has 158 valence electrons. The monoisotopic (exact) mass is 407 g/mol. The fourth-order valence-electron chi connectivity index (χ4n) is 4.21. The third-order valence-electron chi connectivity index (χ3n) is 5.86. The lowest BCUT2D eigenvalue weighted by molar-refractivity contribution is 0.0941. The highest BCUT2D eigenvalue weighted by molar-refractivity contribution is 5.95. The summed E-state index contributed by atoms with van der Waals surface area (Å²) in [6, 6.07) is 10.2. The van der Waals surface area contributed by atoms with Crippen molar-refractivity contribution in [3.63, 3.8) is 0 Å². The van der Waals surface area contributed by atoms with Crippen LogP contribution in [0.2, 0.25) is 0 Å². The first kappa shape index (κ1) is 20.2. The number of nitrogens with one attached hydrogen (secondary N) is 3. The van der Waals surface area contributed by atoms with Gasteiger partial charge in [-0.2, -0.15) is 4.98 Å². The molecule has 1 aliphatic rings. The Morgan fingerprint density at radius 1 is 1.13 bits per heavy atom. The Labute approximate surface area is 176 Å². The lowest BCUT2D eigenvalue weighted by atomic mass is 9.86. The molecule has 3 N–H and O–H groups in total. The van der Waals surface area contributed by atoms with Gasteiger partial charge in [-0.3, -0.25) is 4.79 Å². The van der Waals surface area contributed by atoms with E-state index in [-0.39, 0.29) is 5.91 Å². The van der Waals surface area contributed by atoms with Gasteiger partial charge in [-0.15, -0.1) is 0 Å². The number of para-hydroxylation sites is 1. The summed E-state index contributed by atoms with van der Waals surface area (Å²) in [5.74, 6) is 3.39. The molecular formula is C23H29N5O2. The van der Waals surface area contributed by atoms with Crippen LogP contribution in [0.1, 0.15) is 47.6 Å². The molecule has 0 spiro atoms. The Balaban J connectivity index is 1.30. The zero-order valence-electron chi connectivity index (χ0n) is 17.8. The molecule has 1 amide bonds. The molecule has 0 aliphatic heterocycles. The highest BCUT2D eigenvalue weighted by Gasteiger charge is 2.23. The maximum atomic E-state index is 12.4. The SMILES string of the molecule is CNc1nc(NC2CCC(CNC(=O)c3cc(C)oc3C)CC2)nc2ccccc12. The van der Waals surface area contributed by atoms with Crippen molar-refractivity contribution < 1.29 is 9.21 Å². The number of anilines is 2. The molecule has 4 rings (SSSR count). The minimum absolute atomic E-state index is 0.0474. The van der Waals surface area contributed by atoms with Crippen molar-refractivity contribution in [3.05, 3.63) is 47.4 Å². The number of benzene rings is 1. The Bertz CT molecular complexity index is 1040. The topological polar surface area (TPSA) is 92.1 Å². The van der Waals surface area contributed by atoms with Gasteiger partial charge in [0.15, 0.2) is 0 Å². The second kappa shape index (κ2) is 8.73. The number of carbonyl (C=O) groups excluding carboxylic acids is 1. The fourth-order valence-corrected chi connectivity index (χ4v) is 4.21. The molecule has 0 radical (unpaired) electrons. The van der Waals surface area contributed by atoms with Crippen LogP contribution in [0.15, 0.2) is 34.7 Å². The van der Waals surface area contributed by atoms with E-state index in [1.807, 2.05) is 45.2 Å². The fraction of sp³-hybridized carbons (Fsp3) is 0.435. The van der Waals surface area contributed by atoms with Gasteiger partial charge in [-0.1, -0.05) is 12.1 Å². The smallest absolute Gasteiger partial charge is 0.254 e. The van der Waals surface area contributed by atoms with Crippen molar-refractivity contribution >= 4 is 28.6 Å². The Hall–Kier alpha value is -3.09. The first-order chi connectivity index (χ1) is 14.5. The highest BCUT2D eigenvalue weighted by atomic mass is 16.3. The summed E-state index contributed by atoms with van der Waals surface area (Å²) in [5, 5.41) is 10.8. The number of furan rings is 1. The minimum atomic E-state index is -0.0474. The van der Waals surface area contributed by atoms with Crippen molar-refractivity contribution in [2.75, 3.05) is 24.2 Å². The van der Waals surface area contributed by atoms with Gasteiger partial charge in [0, 0.05) is 25.0 Å². The van der Waals surface area contributed by atoms with E-state index in [2.05, 4.69) is 25.9 Å². The van der Waals surface area contributed by atoms with E-state index < -0.39 is 0 Å². The molecule has 1 fully saturated rings. The van der Waals surface area contributed by atoms with Gasteiger partial charge in [0.05, 0.1) is 11.1 Å². The molecule has 0 bridgehead atoms. The molecule has 1 aromatic carbocycles. The van der Waals surface area contributed by atoms with Crippen LogP contribution in [0.25, 0.3) is 10.9 Å². The number of carbonyl (C=O) groups is 1. The van der Waals surface area contributed by atoms with Crippen molar-refractivity contribution in [2.24, 2.45) is 5.92 Å². The molecule has 0 unspecified atom stereocenters. The number of hydrogen-bond acceptors (Lipinski definition) is 6. The maximum absolute atomic E-state index is 12.4. The zero-order chi connectivity index (χ0) is 21.1. The summed E-state index contributed by atoms with van der Waals surface area (Å²) in [5.41, 5.74) is 1.57. The molecule has 3 aromatic rings. The van der Waals surface area contributed by atoms with Gasteiger partial charge in [-0.25, -0.2) is 4.98 Å².